The molecule has 2 rings (SSSR count). The minimum Gasteiger partial charge on any atom is -0.388 e. The number of piperidine rings is 1. The molecule has 1 aliphatic rings. The maximum Gasteiger partial charge on any atom is 0.124 e. The molecule has 0 aliphatic carbocycles. The summed E-state index contributed by atoms with van der Waals surface area (Å²) in [6.45, 7) is 2.10. The third kappa shape index (κ3) is 3.17. The summed E-state index contributed by atoms with van der Waals surface area (Å²) in [4.78, 5) is 6.97. The highest BCUT2D eigenvalue weighted by atomic mass is 32.1. The number of rotatable bonds is 4. The van der Waals surface area contributed by atoms with E-state index in [4.69, 9.17) is 18.0 Å². The maximum absolute atomic E-state index is 5.67. The van der Waals surface area contributed by atoms with Gasteiger partial charge in [0.25, 0.3) is 0 Å². The molecule has 0 amide bonds. The first-order valence-corrected chi connectivity index (χ1v) is 6.78. The minimum atomic E-state index is 0.343. The van der Waals surface area contributed by atoms with Gasteiger partial charge in [-0.05, 0) is 38.6 Å². The van der Waals surface area contributed by atoms with E-state index in [1.54, 1.807) is 6.20 Å². The summed E-state index contributed by atoms with van der Waals surface area (Å²) in [5.74, 6) is 0. The Hall–Kier alpha value is -1.20. The van der Waals surface area contributed by atoms with Crippen LogP contribution >= 0.6 is 12.2 Å². The SMILES string of the molecule is CN1CCCCC1CNc1cccnc1C(N)=S. The van der Waals surface area contributed by atoms with Crippen LogP contribution in [0.2, 0.25) is 0 Å². The number of thiocarbonyl (C=S) groups is 1. The Kier molecular flexibility index (Phi) is 4.49. The molecule has 1 aliphatic heterocycles. The molecular weight excluding hydrogens is 244 g/mol. The van der Waals surface area contributed by atoms with Gasteiger partial charge < -0.3 is 16.0 Å². The number of nitrogens with one attached hydrogen (secondary N) is 1. The Balaban J connectivity index is 1.99. The van der Waals surface area contributed by atoms with Gasteiger partial charge in [0.1, 0.15) is 10.7 Å². The Bertz CT molecular complexity index is 421. The zero-order chi connectivity index (χ0) is 13.0. The van der Waals surface area contributed by atoms with Crippen LogP contribution in [0.1, 0.15) is 25.0 Å². The van der Waals surface area contributed by atoms with Crippen molar-refractivity contribution in [3.63, 3.8) is 0 Å². The third-order valence-corrected chi connectivity index (χ3v) is 3.68. The molecule has 1 aromatic heterocycles. The monoisotopic (exact) mass is 264 g/mol. The number of nitrogens with zero attached hydrogens (tertiary/aromatic N) is 2. The van der Waals surface area contributed by atoms with Crippen LogP contribution in [0.25, 0.3) is 0 Å². The van der Waals surface area contributed by atoms with Crippen molar-refractivity contribution in [1.29, 1.82) is 0 Å². The van der Waals surface area contributed by atoms with Crippen molar-refractivity contribution in [2.75, 3.05) is 25.5 Å². The van der Waals surface area contributed by atoms with Gasteiger partial charge in [-0.2, -0.15) is 0 Å². The molecule has 4 nitrogen and oxygen atoms in total. The van der Waals surface area contributed by atoms with E-state index in [1.165, 1.54) is 25.8 Å². The molecule has 2 heterocycles. The average molecular weight is 264 g/mol. The second kappa shape index (κ2) is 6.11. The molecule has 5 heteroatoms. The zero-order valence-corrected chi connectivity index (χ0v) is 11.5. The lowest BCUT2D eigenvalue weighted by Gasteiger charge is -2.32. The molecule has 98 valence electrons. The van der Waals surface area contributed by atoms with Gasteiger partial charge in [0.05, 0.1) is 5.69 Å². The first-order valence-electron chi connectivity index (χ1n) is 6.37. The van der Waals surface area contributed by atoms with E-state index in [1.807, 2.05) is 12.1 Å². The number of likely N-dealkylation sites (tertiary alicyclic amines) is 1. The highest BCUT2D eigenvalue weighted by Crippen LogP contribution is 2.17. The van der Waals surface area contributed by atoms with Crippen LogP contribution < -0.4 is 11.1 Å². The second-order valence-electron chi connectivity index (χ2n) is 4.77. The van der Waals surface area contributed by atoms with Gasteiger partial charge >= 0.3 is 0 Å². The lowest BCUT2D eigenvalue weighted by Crippen LogP contribution is -2.41. The van der Waals surface area contributed by atoms with Gasteiger partial charge in [-0.15, -0.1) is 0 Å². The number of pyridine rings is 1. The van der Waals surface area contributed by atoms with Crippen molar-refractivity contribution < 1.29 is 0 Å². The van der Waals surface area contributed by atoms with E-state index < -0.39 is 0 Å². The number of hydrogen-bond donors (Lipinski definition) is 2. The third-order valence-electron chi connectivity index (χ3n) is 3.49. The number of aromatic nitrogens is 1. The van der Waals surface area contributed by atoms with Crippen LogP contribution in [-0.4, -0.2) is 41.1 Å². The Morgan fingerprint density at radius 2 is 2.44 bits per heavy atom. The van der Waals surface area contributed by atoms with E-state index in [-0.39, 0.29) is 0 Å². The van der Waals surface area contributed by atoms with E-state index in [0.29, 0.717) is 16.7 Å². The molecule has 3 N–H and O–H groups in total. The summed E-state index contributed by atoms with van der Waals surface area (Å²) in [5.41, 5.74) is 7.29. The fraction of sp³-hybridized carbons (Fsp3) is 0.538. The minimum absolute atomic E-state index is 0.343. The average Bonchev–Trinajstić information content (AvgIpc) is 2.38. The summed E-state index contributed by atoms with van der Waals surface area (Å²) >= 11 is 5.01. The summed E-state index contributed by atoms with van der Waals surface area (Å²) in [5, 5.41) is 3.42. The largest absolute Gasteiger partial charge is 0.388 e. The topological polar surface area (TPSA) is 54.2 Å². The van der Waals surface area contributed by atoms with Crippen LogP contribution in [0.15, 0.2) is 18.3 Å². The summed E-state index contributed by atoms with van der Waals surface area (Å²) in [6.07, 6.45) is 5.57. The molecule has 1 fully saturated rings. The Labute approximate surface area is 114 Å². The van der Waals surface area contributed by atoms with Gasteiger partial charge in [0.2, 0.25) is 0 Å². The van der Waals surface area contributed by atoms with Crippen molar-refractivity contribution in [2.24, 2.45) is 5.73 Å². The van der Waals surface area contributed by atoms with Crippen molar-refractivity contribution in [2.45, 2.75) is 25.3 Å². The normalized spacial score (nSPS) is 20.6. The summed E-state index contributed by atoms with van der Waals surface area (Å²) in [6, 6.07) is 4.46. The highest BCUT2D eigenvalue weighted by Gasteiger charge is 2.18. The molecule has 0 radical (unpaired) electrons. The van der Waals surface area contributed by atoms with E-state index in [9.17, 15) is 0 Å². The quantitative estimate of drug-likeness (QED) is 0.809. The fourth-order valence-electron chi connectivity index (χ4n) is 2.37. The first kappa shape index (κ1) is 13.2. The molecule has 0 spiro atoms. The molecule has 1 saturated heterocycles. The lowest BCUT2D eigenvalue weighted by atomic mass is 10.0. The van der Waals surface area contributed by atoms with Gasteiger partial charge in [0.15, 0.2) is 0 Å². The van der Waals surface area contributed by atoms with Crippen LogP contribution in [0.5, 0.6) is 0 Å². The van der Waals surface area contributed by atoms with Crippen molar-refractivity contribution in [1.82, 2.24) is 9.88 Å². The predicted octanol–water partition coefficient (Wildman–Crippen LogP) is 1.61. The number of likely N-dealkylation sites (N-methyl/N-ethyl adjacent to an activating group) is 1. The molecule has 1 aromatic rings. The standard InChI is InChI=1S/C13H20N4S/c1-17-8-3-2-5-10(17)9-16-11-6-4-7-15-12(11)13(14)18/h4,6-7,10,16H,2-3,5,8-9H2,1H3,(H2,14,18). The van der Waals surface area contributed by atoms with Gasteiger partial charge in [-0.25, -0.2) is 0 Å². The molecule has 1 unspecified atom stereocenters. The summed E-state index contributed by atoms with van der Waals surface area (Å²) < 4.78 is 0. The molecule has 0 bridgehead atoms. The smallest absolute Gasteiger partial charge is 0.124 e. The van der Waals surface area contributed by atoms with Crippen LogP contribution in [-0.2, 0) is 0 Å². The molecule has 0 saturated carbocycles. The Morgan fingerprint density at radius 1 is 1.61 bits per heavy atom. The van der Waals surface area contributed by atoms with Crippen LogP contribution in [0, 0.1) is 0 Å². The number of anilines is 1. The van der Waals surface area contributed by atoms with Crippen molar-refractivity contribution in [3.05, 3.63) is 24.0 Å². The predicted molar refractivity (Wildman–Crippen MR) is 78.9 cm³/mol. The second-order valence-corrected chi connectivity index (χ2v) is 5.21. The van der Waals surface area contributed by atoms with Crippen molar-refractivity contribution >= 4 is 22.9 Å². The van der Waals surface area contributed by atoms with Crippen LogP contribution in [0.3, 0.4) is 0 Å². The van der Waals surface area contributed by atoms with E-state index in [0.717, 1.165) is 12.2 Å². The highest BCUT2D eigenvalue weighted by molar-refractivity contribution is 7.80. The number of nitrogens with two attached hydrogens (primary N) is 1. The van der Waals surface area contributed by atoms with Gasteiger partial charge in [0, 0.05) is 18.8 Å². The van der Waals surface area contributed by atoms with E-state index in [2.05, 4.69) is 22.2 Å². The van der Waals surface area contributed by atoms with Gasteiger partial charge in [-0.3, -0.25) is 4.98 Å². The lowest BCUT2D eigenvalue weighted by molar-refractivity contribution is 0.194. The van der Waals surface area contributed by atoms with Gasteiger partial charge in [-0.1, -0.05) is 18.6 Å². The maximum atomic E-state index is 5.67. The van der Waals surface area contributed by atoms with Crippen molar-refractivity contribution in [3.8, 4) is 0 Å². The first-order chi connectivity index (χ1) is 8.68. The molecule has 18 heavy (non-hydrogen) atoms. The summed E-state index contributed by atoms with van der Waals surface area (Å²) in [7, 11) is 2.18. The van der Waals surface area contributed by atoms with Crippen LogP contribution in [0.4, 0.5) is 5.69 Å². The molecule has 1 atom stereocenters. The number of hydrogen-bond acceptors (Lipinski definition) is 4. The molecule has 0 aromatic carbocycles. The zero-order valence-electron chi connectivity index (χ0n) is 10.7. The molecular formula is C13H20N4S. The van der Waals surface area contributed by atoms with E-state index >= 15 is 0 Å². The fourth-order valence-corrected chi connectivity index (χ4v) is 2.54. The Morgan fingerprint density at radius 3 is 3.17 bits per heavy atom.